The van der Waals surface area contributed by atoms with Crippen LogP contribution in [0.4, 0.5) is 10.1 Å². The van der Waals surface area contributed by atoms with Gasteiger partial charge in [-0.3, -0.25) is 9.59 Å². The van der Waals surface area contributed by atoms with Crippen molar-refractivity contribution >= 4 is 23.5 Å². The Labute approximate surface area is 219 Å². The van der Waals surface area contributed by atoms with Crippen molar-refractivity contribution in [3.05, 3.63) is 114 Å². The molecule has 1 atom stereocenters. The summed E-state index contributed by atoms with van der Waals surface area (Å²) in [5, 5.41) is 2.79. The average molecular weight is 515 g/mol. The zero-order valence-electron chi connectivity index (χ0n) is 21.0. The Bertz CT molecular complexity index is 1430. The second-order valence-corrected chi connectivity index (χ2v) is 8.50. The molecule has 1 unspecified atom stereocenters. The number of hydrogen-bond donors (Lipinski definition) is 1. The molecule has 0 spiro atoms. The van der Waals surface area contributed by atoms with Crippen LogP contribution in [0.15, 0.2) is 91.1 Å². The molecule has 0 aliphatic rings. The van der Waals surface area contributed by atoms with Gasteiger partial charge in [-0.15, -0.1) is 0 Å². The Morgan fingerprint density at radius 1 is 0.947 bits per heavy atom. The fourth-order valence-electron chi connectivity index (χ4n) is 4.14. The van der Waals surface area contributed by atoms with Crippen LogP contribution < -0.4 is 5.32 Å². The minimum atomic E-state index is -1.28. The Balaban J connectivity index is 1.86. The zero-order chi connectivity index (χ0) is 27.1. The molecule has 7 nitrogen and oxygen atoms in total. The molecule has 3 aromatic carbocycles. The zero-order valence-corrected chi connectivity index (χ0v) is 21.0. The molecule has 194 valence electrons. The standard InChI is InChI=1S/C30H27FN2O5/c1-3-37-30(36)27-26(32-29(35)28(38-20(2)34)22-13-8-5-9-14-22)25(23-15-10-16-24(31)17-23)19-33(27)18-21-11-6-4-7-12-21/h4-17,19,28H,3,18H2,1-2H3,(H,32,35). The smallest absolute Gasteiger partial charge is 0.357 e. The highest BCUT2D eigenvalue weighted by molar-refractivity contribution is 6.07. The lowest BCUT2D eigenvalue weighted by molar-refractivity contribution is -0.152. The molecular formula is C30H27FN2O5. The van der Waals surface area contributed by atoms with Crippen LogP contribution in [0.2, 0.25) is 0 Å². The number of nitrogens with zero attached hydrogens (tertiary/aromatic N) is 1. The number of benzene rings is 3. The number of rotatable bonds is 9. The number of amides is 1. The van der Waals surface area contributed by atoms with E-state index in [9.17, 15) is 18.8 Å². The first-order valence-electron chi connectivity index (χ1n) is 12.1. The van der Waals surface area contributed by atoms with Crippen molar-refractivity contribution in [3.63, 3.8) is 0 Å². The van der Waals surface area contributed by atoms with E-state index in [1.807, 2.05) is 30.3 Å². The van der Waals surface area contributed by atoms with Crippen LogP contribution in [0.3, 0.4) is 0 Å². The fourth-order valence-corrected chi connectivity index (χ4v) is 4.14. The average Bonchev–Trinajstić information content (AvgIpc) is 3.25. The largest absolute Gasteiger partial charge is 0.461 e. The highest BCUT2D eigenvalue weighted by Gasteiger charge is 2.30. The molecule has 1 heterocycles. The molecule has 0 aliphatic carbocycles. The number of ether oxygens (including phenoxy) is 2. The van der Waals surface area contributed by atoms with Gasteiger partial charge in [-0.1, -0.05) is 72.8 Å². The van der Waals surface area contributed by atoms with Crippen molar-refractivity contribution in [1.82, 2.24) is 4.57 Å². The molecule has 4 rings (SSSR count). The Morgan fingerprint density at radius 2 is 1.63 bits per heavy atom. The number of anilines is 1. The predicted octanol–water partition coefficient (Wildman–Crippen LogP) is 5.76. The van der Waals surface area contributed by atoms with E-state index in [1.54, 1.807) is 60.2 Å². The summed E-state index contributed by atoms with van der Waals surface area (Å²) < 4.78 is 26.6. The van der Waals surface area contributed by atoms with Crippen LogP contribution in [-0.4, -0.2) is 29.0 Å². The maximum atomic E-state index is 14.2. The topological polar surface area (TPSA) is 86.6 Å². The first kappa shape index (κ1) is 26.3. The van der Waals surface area contributed by atoms with Crippen LogP contribution in [0.5, 0.6) is 0 Å². The summed E-state index contributed by atoms with van der Waals surface area (Å²) in [7, 11) is 0. The van der Waals surface area contributed by atoms with Crippen LogP contribution in [0, 0.1) is 5.82 Å². The fraction of sp³-hybridized carbons (Fsp3) is 0.167. The van der Waals surface area contributed by atoms with Gasteiger partial charge in [0.05, 0.1) is 12.3 Å². The van der Waals surface area contributed by atoms with E-state index in [1.165, 1.54) is 19.1 Å². The number of aromatic nitrogens is 1. The number of carbonyl (C=O) groups is 3. The summed E-state index contributed by atoms with van der Waals surface area (Å²) in [6, 6.07) is 23.8. The minimum absolute atomic E-state index is 0.0814. The molecule has 0 saturated heterocycles. The number of halogens is 1. The molecule has 4 aromatic rings. The molecule has 0 aliphatic heterocycles. The molecule has 1 aromatic heterocycles. The molecular weight excluding hydrogens is 487 g/mol. The SMILES string of the molecule is CCOC(=O)c1c(NC(=O)C(OC(C)=O)c2ccccc2)c(-c2cccc(F)c2)cn1Cc1ccccc1. The molecule has 38 heavy (non-hydrogen) atoms. The van der Waals surface area contributed by atoms with Gasteiger partial charge in [0.2, 0.25) is 6.10 Å². The number of nitrogens with one attached hydrogen (secondary N) is 1. The van der Waals surface area contributed by atoms with Crippen molar-refractivity contribution in [1.29, 1.82) is 0 Å². The molecule has 1 amide bonds. The number of esters is 2. The second kappa shape index (κ2) is 12.0. The molecule has 8 heteroatoms. The summed E-state index contributed by atoms with van der Waals surface area (Å²) in [6.07, 6.45) is 0.397. The van der Waals surface area contributed by atoms with Gasteiger partial charge in [0.1, 0.15) is 5.82 Å². The van der Waals surface area contributed by atoms with Gasteiger partial charge < -0.3 is 19.4 Å². The minimum Gasteiger partial charge on any atom is -0.461 e. The van der Waals surface area contributed by atoms with Gasteiger partial charge in [0.25, 0.3) is 5.91 Å². The van der Waals surface area contributed by atoms with Crippen molar-refractivity contribution in [2.45, 2.75) is 26.5 Å². The molecule has 0 radical (unpaired) electrons. The molecule has 0 saturated carbocycles. The summed E-state index contributed by atoms with van der Waals surface area (Å²) >= 11 is 0. The van der Waals surface area contributed by atoms with E-state index in [0.29, 0.717) is 23.2 Å². The summed E-state index contributed by atoms with van der Waals surface area (Å²) in [5.74, 6) is -2.46. The summed E-state index contributed by atoms with van der Waals surface area (Å²) in [5.41, 5.74) is 2.42. The normalized spacial score (nSPS) is 11.4. The van der Waals surface area contributed by atoms with Crippen LogP contribution in [0.1, 0.15) is 41.6 Å². The van der Waals surface area contributed by atoms with E-state index in [2.05, 4.69) is 5.32 Å². The van der Waals surface area contributed by atoms with Crippen LogP contribution >= 0.6 is 0 Å². The van der Waals surface area contributed by atoms with Gasteiger partial charge >= 0.3 is 11.9 Å². The van der Waals surface area contributed by atoms with Gasteiger partial charge in [-0.2, -0.15) is 0 Å². The van der Waals surface area contributed by atoms with E-state index >= 15 is 0 Å². The highest BCUT2D eigenvalue weighted by atomic mass is 19.1. The molecule has 0 fully saturated rings. The van der Waals surface area contributed by atoms with Gasteiger partial charge in [-0.25, -0.2) is 9.18 Å². The van der Waals surface area contributed by atoms with Crippen LogP contribution in [0.25, 0.3) is 11.1 Å². The Morgan fingerprint density at radius 3 is 2.26 bits per heavy atom. The third-order valence-electron chi connectivity index (χ3n) is 5.75. The molecule has 1 N–H and O–H groups in total. The van der Waals surface area contributed by atoms with Gasteiger partial charge in [0, 0.05) is 30.8 Å². The van der Waals surface area contributed by atoms with Crippen LogP contribution in [-0.2, 0) is 25.6 Å². The predicted molar refractivity (Wildman–Crippen MR) is 141 cm³/mol. The van der Waals surface area contributed by atoms with E-state index in [4.69, 9.17) is 9.47 Å². The lowest BCUT2D eigenvalue weighted by Crippen LogP contribution is -2.26. The van der Waals surface area contributed by atoms with E-state index in [0.717, 1.165) is 5.56 Å². The molecule has 0 bridgehead atoms. The monoisotopic (exact) mass is 514 g/mol. The third kappa shape index (κ3) is 6.15. The van der Waals surface area contributed by atoms with Crippen molar-refractivity contribution in [2.75, 3.05) is 11.9 Å². The lowest BCUT2D eigenvalue weighted by Gasteiger charge is -2.18. The van der Waals surface area contributed by atoms with E-state index in [-0.39, 0.29) is 18.0 Å². The maximum Gasteiger partial charge on any atom is 0.357 e. The lowest BCUT2D eigenvalue weighted by atomic mass is 10.1. The van der Waals surface area contributed by atoms with Gasteiger partial charge in [-0.05, 0) is 30.2 Å². The third-order valence-corrected chi connectivity index (χ3v) is 5.75. The van der Waals surface area contributed by atoms with E-state index < -0.39 is 29.8 Å². The Kier molecular flexibility index (Phi) is 8.33. The first-order chi connectivity index (χ1) is 18.4. The number of hydrogen-bond acceptors (Lipinski definition) is 5. The number of carbonyl (C=O) groups excluding carboxylic acids is 3. The van der Waals surface area contributed by atoms with Crippen molar-refractivity contribution in [3.8, 4) is 11.1 Å². The van der Waals surface area contributed by atoms with Crippen molar-refractivity contribution in [2.24, 2.45) is 0 Å². The quantitative estimate of drug-likeness (QED) is 0.287. The summed E-state index contributed by atoms with van der Waals surface area (Å²) in [4.78, 5) is 38.7. The van der Waals surface area contributed by atoms with Gasteiger partial charge in [0.15, 0.2) is 5.69 Å². The first-order valence-corrected chi connectivity index (χ1v) is 12.1. The Hall–Kier alpha value is -4.72. The second-order valence-electron chi connectivity index (χ2n) is 8.50. The summed E-state index contributed by atoms with van der Waals surface area (Å²) in [6.45, 7) is 3.29. The highest BCUT2D eigenvalue weighted by Crippen LogP contribution is 2.36. The maximum absolute atomic E-state index is 14.2. The van der Waals surface area contributed by atoms with Crippen molar-refractivity contribution < 1.29 is 28.2 Å².